The molecule has 0 bridgehead atoms. The summed E-state index contributed by atoms with van der Waals surface area (Å²) in [4.78, 5) is 21.0. The number of amides is 1. The summed E-state index contributed by atoms with van der Waals surface area (Å²) in [6.45, 7) is 3.91. The number of piperazine rings is 1. The largest absolute Gasteiger partial charge is 0.497 e. The zero-order valence-electron chi connectivity index (χ0n) is 14.3. The molecule has 2 heterocycles. The minimum atomic E-state index is -0.633. The first-order valence-corrected chi connectivity index (χ1v) is 8.11. The van der Waals surface area contributed by atoms with Crippen LogP contribution in [0.4, 0.5) is 15.9 Å². The van der Waals surface area contributed by atoms with Crippen LogP contribution in [0.5, 0.6) is 5.75 Å². The van der Waals surface area contributed by atoms with Gasteiger partial charge in [-0.2, -0.15) is 0 Å². The highest BCUT2D eigenvalue weighted by atomic mass is 19.1. The van der Waals surface area contributed by atoms with Gasteiger partial charge in [0.15, 0.2) is 0 Å². The van der Waals surface area contributed by atoms with Gasteiger partial charge in [-0.3, -0.25) is 4.79 Å². The van der Waals surface area contributed by atoms with Crippen LogP contribution < -0.4 is 15.0 Å². The monoisotopic (exact) mass is 344 g/mol. The Morgan fingerprint density at radius 1 is 1.20 bits per heavy atom. The molecule has 7 heteroatoms. The fourth-order valence-electron chi connectivity index (χ4n) is 2.70. The van der Waals surface area contributed by atoms with Crippen molar-refractivity contribution < 1.29 is 13.9 Å². The molecule has 1 aromatic carbocycles. The second-order valence-corrected chi connectivity index (χ2v) is 5.99. The number of carbonyl (C=O) groups excluding carboxylic acids is 1. The lowest BCUT2D eigenvalue weighted by molar-refractivity contribution is 0.102. The maximum atomic E-state index is 14.0. The Bertz CT molecular complexity index is 743. The van der Waals surface area contributed by atoms with Gasteiger partial charge in [-0.05, 0) is 31.3 Å². The predicted molar refractivity (Wildman–Crippen MR) is 94.9 cm³/mol. The van der Waals surface area contributed by atoms with Crippen molar-refractivity contribution >= 4 is 17.4 Å². The Morgan fingerprint density at radius 2 is 1.96 bits per heavy atom. The lowest BCUT2D eigenvalue weighted by Gasteiger charge is -2.33. The molecule has 2 aromatic rings. The first kappa shape index (κ1) is 17.2. The molecule has 0 aliphatic carbocycles. The van der Waals surface area contributed by atoms with Gasteiger partial charge in [0, 0.05) is 32.2 Å². The van der Waals surface area contributed by atoms with Crippen LogP contribution in [0.25, 0.3) is 0 Å². The lowest BCUT2D eigenvalue weighted by Crippen LogP contribution is -2.44. The van der Waals surface area contributed by atoms with E-state index >= 15 is 0 Å². The van der Waals surface area contributed by atoms with E-state index in [4.69, 9.17) is 4.74 Å². The summed E-state index contributed by atoms with van der Waals surface area (Å²) in [7, 11) is 3.55. The molecule has 6 nitrogen and oxygen atoms in total. The molecular weight excluding hydrogens is 323 g/mol. The number of pyridine rings is 1. The number of likely N-dealkylation sites (N-methyl/N-ethyl adjacent to an activating group) is 1. The van der Waals surface area contributed by atoms with Crippen LogP contribution in [-0.4, -0.2) is 56.1 Å². The number of halogens is 1. The second-order valence-electron chi connectivity index (χ2n) is 5.99. The number of methoxy groups -OCH3 is 1. The standard InChI is InChI=1S/C18H21FN4O2/c1-22-7-9-23(10-8-22)13-3-6-17(20-12-13)21-18(24)15-5-4-14(25-2)11-16(15)19/h3-6,11-12H,7-10H2,1-2H3,(H,20,21,24). The smallest absolute Gasteiger partial charge is 0.259 e. The summed E-state index contributed by atoms with van der Waals surface area (Å²) in [6, 6.07) is 7.76. The zero-order valence-corrected chi connectivity index (χ0v) is 14.3. The fourth-order valence-corrected chi connectivity index (χ4v) is 2.70. The van der Waals surface area contributed by atoms with Gasteiger partial charge in [-0.1, -0.05) is 0 Å². The molecule has 0 unspecified atom stereocenters. The number of carbonyl (C=O) groups is 1. The molecule has 0 spiro atoms. The van der Waals surface area contributed by atoms with E-state index in [0.717, 1.165) is 31.9 Å². The number of anilines is 2. The Labute approximate surface area is 146 Å². The third kappa shape index (κ3) is 4.06. The number of nitrogens with zero attached hydrogens (tertiary/aromatic N) is 3. The number of hydrogen-bond acceptors (Lipinski definition) is 5. The van der Waals surface area contributed by atoms with Crippen molar-refractivity contribution in [2.75, 3.05) is 50.6 Å². The average Bonchev–Trinajstić information content (AvgIpc) is 2.63. The van der Waals surface area contributed by atoms with E-state index < -0.39 is 11.7 Å². The van der Waals surface area contributed by atoms with Gasteiger partial charge in [0.05, 0.1) is 24.6 Å². The maximum Gasteiger partial charge on any atom is 0.259 e. The van der Waals surface area contributed by atoms with Crippen LogP contribution in [0.1, 0.15) is 10.4 Å². The lowest BCUT2D eigenvalue weighted by atomic mass is 10.2. The molecular formula is C18H21FN4O2. The highest BCUT2D eigenvalue weighted by Gasteiger charge is 2.16. The molecule has 132 valence electrons. The molecule has 1 N–H and O–H groups in total. The van der Waals surface area contributed by atoms with E-state index in [9.17, 15) is 9.18 Å². The van der Waals surface area contributed by atoms with E-state index in [-0.39, 0.29) is 5.56 Å². The van der Waals surface area contributed by atoms with Crippen LogP contribution in [0.2, 0.25) is 0 Å². The highest BCUT2D eigenvalue weighted by molar-refractivity contribution is 6.04. The summed E-state index contributed by atoms with van der Waals surface area (Å²) < 4.78 is 18.9. The highest BCUT2D eigenvalue weighted by Crippen LogP contribution is 2.19. The molecule has 25 heavy (non-hydrogen) atoms. The van der Waals surface area contributed by atoms with E-state index in [1.807, 2.05) is 6.07 Å². The van der Waals surface area contributed by atoms with Gasteiger partial charge < -0.3 is 19.9 Å². The maximum absolute atomic E-state index is 14.0. The number of hydrogen-bond donors (Lipinski definition) is 1. The van der Waals surface area contributed by atoms with Gasteiger partial charge in [-0.15, -0.1) is 0 Å². The van der Waals surface area contributed by atoms with Crippen LogP contribution in [0.15, 0.2) is 36.5 Å². The Balaban J connectivity index is 1.66. The van der Waals surface area contributed by atoms with Gasteiger partial charge in [-0.25, -0.2) is 9.37 Å². The molecule has 1 fully saturated rings. The van der Waals surface area contributed by atoms with Crippen molar-refractivity contribution in [3.05, 3.63) is 47.9 Å². The number of rotatable bonds is 4. The van der Waals surface area contributed by atoms with Crippen molar-refractivity contribution in [1.82, 2.24) is 9.88 Å². The van der Waals surface area contributed by atoms with Crippen LogP contribution in [0.3, 0.4) is 0 Å². The molecule has 1 aliphatic heterocycles. The molecule has 1 aliphatic rings. The molecule has 1 amide bonds. The normalized spacial score (nSPS) is 15.1. The number of ether oxygens (including phenoxy) is 1. The number of nitrogens with one attached hydrogen (secondary N) is 1. The van der Waals surface area contributed by atoms with E-state index in [1.54, 1.807) is 18.3 Å². The Morgan fingerprint density at radius 3 is 2.56 bits per heavy atom. The SMILES string of the molecule is COc1ccc(C(=O)Nc2ccc(N3CCN(C)CC3)cn2)c(F)c1. The summed E-state index contributed by atoms with van der Waals surface area (Å²) in [5.41, 5.74) is 0.965. The van der Waals surface area contributed by atoms with Gasteiger partial charge >= 0.3 is 0 Å². The molecule has 1 saturated heterocycles. The predicted octanol–water partition coefficient (Wildman–Crippen LogP) is 2.23. The van der Waals surface area contributed by atoms with Crippen molar-refractivity contribution in [3.8, 4) is 5.75 Å². The van der Waals surface area contributed by atoms with Crippen LogP contribution in [-0.2, 0) is 0 Å². The van der Waals surface area contributed by atoms with Gasteiger partial charge in [0.1, 0.15) is 17.4 Å². The summed E-state index contributed by atoms with van der Waals surface area (Å²) >= 11 is 0. The quantitative estimate of drug-likeness (QED) is 0.922. The van der Waals surface area contributed by atoms with Crippen LogP contribution in [0, 0.1) is 5.82 Å². The fraction of sp³-hybridized carbons (Fsp3) is 0.333. The minimum Gasteiger partial charge on any atom is -0.497 e. The number of aromatic nitrogens is 1. The van der Waals surface area contributed by atoms with E-state index in [2.05, 4.69) is 27.1 Å². The first-order valence-electron chi connectivity index (χ1n) is 8.11. The summed E-state index contributed by atoms with van der Waals surface area (Å²) in [6.07, 6.45) is 1.73. The van der Waals surface area contributed by atoms with E-state index in [0.29, 0.717) is 11.6 Å². The second kappa shape index (κ2) is 7.48. The zero-order chi connectivity index (χ0) is 17.8. The third-order valence-corrected chi connectivity index (χ3v) is 4.28. The molecule has 1 aromatic heterocycles. The Hall–Kier alpha value is -2.67. The molecule has 0 saturated carbocycles. The summed E-state index contributed by atoms with van der Waals surface area (Å²) in [5.74, 6) is -0.423. The number of benzene rings is 1. The van der Waals surface area contributed by atoms with Crippen molar-refractivity contribution in [2.24, 2.45) is 0 Å². The average molecular weight is 344 g/mol. The van der Waals surface area contributed by atoms with Gasteiger partial charge in [0.2, 0.25) is 0 Å². The minimum absolute atomic E-state index is 0.0502. The first-order chi connectivity index (χ1) is 12.1. The molecule has 0 atom stereocenters. The van der Waals surface area contributed by atoms with E-state index in [1.165, 1.54) is 19.2 Å². The molecule has 3 rings (SSSR count). The Kier molecular flexibility index (Phi) is 5.14. The summed E-state index contributed by atoms with van der Waals surface area (Å²) in [5, 5.41) is 2.62. The van der Waals surface area contributed by atoms with Crippen molar-refractivity contribution in [3.63, 3.8) is 0 Å². The van der Waals surface area contributed by atoms with Gasteiger partial charge in [0.25, 0.3) is 5.91 Å². The van der Waals surface area contributed by atoms with Crippen LogP contribution >= 0.6 is 0 Å². The third-order valence-electron chi connectivity index (χ3n) is 4.28. The van der Waals surface area contributed by atoms with Crippen molar-refractivity contribution in [1.29, 1.82) is 0 Å². The van der Waals surface area contributed by atoms with Crippen molar-refractivity contribution in [2.45, 2.75) is 0 Å². The molecule has 0 radical (unpaired) electrons. The topological polar surface area (TPSA) is 57.7 Å².